The van der Waals surface area contributed by atoms with Crippen LogP contribution in [0.2, 0.25) is 5.02 Å². The van der Waals surface area contributed by atoms with Gasteiger partial charge in [0.1, 0.15) is 0 Å². The van der Waals surface area contributed by atoms with E-state index >= 15 is 0 Å². The number of hydrogen-bond acceptors (Lipinski definition) is 2. The van der Waals surface area contributed by atoms with Gasteiger partial charge in [-0.25, -0.2) is 0 Å². The van der Waals surface area contributed by atoms with Crippen molar-refractivity contribution < 1.29 is 14.7 Å². The molecule has 1 aliphatic rings. The monoisotopic (exact) mass is 295 g/mol. The summed E-state index contributed by atoms with van der Waals surface area (Å²) in [5, 5.41) is 9.56. The maximum Gasteiger partial charge on any atom is 0.308 e. The Balaban J connectivity index is 2.04. The second-order valence-corrected chi connectivity index (χ2v) is 5.69. The predicted octanol–water partition coefficient (Wildman–Crippen LogP) is 2.59. The summed E-state index contributed by atoms with van der Waals surface area (Å²) < 4.78 is 0. The Labute approximate surface area is 123 Å². The van der Waals surface area contributed by atoms with Crippen LogP contribution in [0.1, 0.15) is 25.3 Å². The van der Waals surface area contributed by atoms with Crippen LogP contribution in [0.25, 0.3) is 0 Å². The van der Waals surface area contributed by atoms with Gasteiger partial charge in [-0.3, -0.25) is 9.59 Å². The minimum atomic E-state index is -0.874. The van der Waals surface area contributed by atoms with Crippen molar-refractivity contribution in [2.75, 3.05) is 6.54 Å². The fraction of sp³-hybridized carbons (Fsp3) is 0.467. The number of nitrogens with zero attached hydrogens (tertiary/aromatic N) is 1. The number of rotatable bonds is 6. The Kier molecular flexibility index (Phi) is 4.65. The number of carboxylic acids is 1. The van der Waals surface area contributed by atoms with E-state index < -0.39 is 11.9 Å². The third kappa shape index (κ3) is 3.73. The third-order valence-corrected chi connectivity index (χ3v) is 3.87. The molecule has 5 heteroatoms. The largest absolute Gasteiger partial charge is 0.481 e. The van der Waals surface area contributed by atoms with Crippen LogP contribution in [0.15, 0.2) is 24.3 Å². The lowest BCUT2D eigenvalue weighted by molar-refractivity contribution is -0.143. The third-order valence-electron chi connectivity index (χ3n) is 3.50. The first-order valence-electron chi connectivity index (χ1n) is 6.74. The van der Waals surface area contributed by atoms with Gasteiger partial charge in [0.15, 0.2) is 0 Å². The van der Waals surface area contributed by atoms with Crippen molar-refractivity contribution in [2.45, 2.75) is 32.2 Å². The first kappa shape index (κ1) is 14.9. The summed E-state index contributed by atoms with van der Waals surface area (Å²) in [5.74, 6) is -1.47. The Morgan fingerprint density at radius 2 is 2.05 bits per heavy atom. The van der Waals surface area contributed by atoms with Crippen LogP contribution in [-0.4, -0.2) is 34.5 Å². The highest BCUT2D eigenvalue weighted by Crippen LogP contribution is 2.29. The Hall–Kier alpha value is -1.55. The van der Waals surface area contributed by atoms with Crippen LogP contribution in [0, 0.1) is 5.92 Å². The van der Waals surface area contributed by atoms with Crippen molar-refractivity contribution >= 4 is 23.5 Å². The molecule has 4 nitrogen and oxygen atoms in total. The van der Waals surface area contributed by atoms with Gasteiger partial charge in [-0.15, -0.1) is 0 Å². The van der Waals surface area contributed by atoms with Crippen LogP contribution in [0.4, 0.5) is 0 Å². The second kappa shape index (κ2) is 6.27. The molecule has 1 aromatic carbocycles. The second-order valence-electron chi connectivity index (χ2n) is 5.28. The Morgan fingerprint density at radius 3 is 2.60 bits per heavy atom. The van der Waals surface area contributed by atoms with Crippen LogP contribution in [0.3, 0.4) is 0 Å². The number of halogens is 1. The highest BCUT2D eigenvalue weighted by molar-refractivity contribution is 6.31. The van der Waals surface area contributed by atoms with E-state index in [0.717, 1.165) is 18.4 Å². The SMILES string of the molecule is C[C@@H](CN(C(=O)Cc1ccccc1Cl)C1CC1)C(=O)O. The van der Waals surface area contributed by atoms with Gasteiger partial charge >= 0.3 is 5.97 Å². The molecule has 0 spiro atoms. The summed E-state index contributed by atoms with van der Waals surface area (Å²) in [6.45, 7) is 1.89. The Bertz CT molecular complexity index is 514. The summed E-state index contributed by atoms with van der Waals surface area (Å²) in [4.78, 5) is 25.0. The van der Waals surface area contributed by atoms with E-state index in [1.54, 1.807) is 17.9 Å². The summed E-state index contributed by atoms with van der Waals surface area (Å²) in [5.41, 5.74) is 0.785. The topological polar surface area (TPSA) is 57.6 Å². The van der Waals surface area contributed by atoms with Gasteiger partial charge in [0.25, 0.3) is 0 Å². The molecule has 2 rings (SSSR count). The number of amides is 1. The summed E-state index contributed by atoms with van der Waals surface area (Å²) >= 11 is 6.06. The summed E-state index contributed by atoms with van der Waals surface area (Å²) in [6, 6.07) is 7.45. The highest BCUT2D eigenvalue weighted by atomic mass is 35.5. The van der Waals surface area contributed by atoms with Crippen molar-refractivity contribution in [3.05, 3.63) is 34.9 Å². The molecule has 0 aliphatic heterocycles. The summed E-state index contributed by atoms with van der Waals surface area (Å²) in [7, 11) is 0. The van der Waals surface area contributed by atoms with Gasteiger partial charge in [-0.05, 0) is 24.5 Å². The molecule has 0 saturated heterocycles. The molecule has 0 radical (unpaired) electrons. The fourth-order valence-electron chi connectivity index (χ4n) is 2.12. The Morgan fingerprint density at radius 1 is 1.40 bits per heavy atom. The quantitative estimate of drug-likeness (QED) is 0.877. The maximum absolute atomic E-state index is 12.4. The van der Waals surface area contributed by atoms with Gasteiger partial charge in [0.2, 0.25) is 5.91 Å². The van der Waals surface area contributed by atoms with Crippen LogP contribution in [0.5, 0.6) is 0 Å². The van der Waals surface area contributed by atoms with Gasteiger partial charge in [0.05, 0.1) is 12.3 Å². The molecule has 1 amide bonds. The number of carbonyl (C=O) groups is 2. The molecule has 1 aromatic rings. The first-order valence-corrected chi connectivity index (χ1v) is 7.12. The number of carboxylic acid groups (broad SMARTS) is 1. The summed E-state index contributed by atoms with van der Waals surface area (Å²) in [6.07, 6.45) is 2.14. The lowest BCUT2D eigenvalue weighted by Gasteiger charge is -2.24. The van der Waals surface area contributed by atoms with Gasteiger partial charge in [-0.1, -0.05) is 36.7 Å². The molecular weight excluding hydrogens is 278 g/mol. The van der Waals surface area contributed by atoms with Crippen molar-refractivity contribution in [3.63, 3.8) is 0 Å². The molecule has 1 atom stereocenters. The van der Waals surface area contributed by atoms with E-state index in [1.807, 2.05) is 18.2 Å². The zero-order valence-electron chi connectivity index (χ0n) is 11.4. The van der Waals surface area contributed by atoms with Crippen molar-refractivity contribution in [3.8, 4) is 0 Å². The lowest BCUT2D eigenvalue weighted by Crippen LogP contribution is -2.39. The number of hydrogen-bond donors (Lipinski definition) is 1. The van der Waals surface area contributed by atoms with E-state index in [-0.39, 0.29) is 24.9 Å². The van der Waals surface area contributed by atoms with E-state index in [0.29, 0.717) is 5.02 Å². The van der Waals surface area contributed by atoms with E-state index in [2.05, 4.69) is 0 Å². The number of benzene rings is 1. The van der Waals surface area contributed by atoms with E-state index in [9.17, 15) is 9.59 Å². The molecule has 0 unspecified atom stereocenters. The number of aliphatic carboxylic acids is 1. The molecule has 20 heavy (non-hydrogen) atoms. The standard InChI is InChI=1S/C15H18ClNO3/c1-10(15(19)20)9-17(12-6-7-12)14(18)8-11-4-2-3-5-13(11)16/h2-5,10,12H,6-9H2,1H3,(H,19,20)/t10-/m0/s1. The number of carbonyl (C=O) groups excluding carboxylic acids is 1. The molecular formula is C15H18ClNO3. The molecule has 0 aromatic heterocycles. The fourth-order valence-corrected chi connectivity index (χ4v) is 2.32. The predicted molar refractivity (Wildman–Crippen MR) is 76.7 cm³/mol. The van der Waals surface area contributed by atoms with Gasteiger partial charge in [-0.2, -0.15) is 0 Å². The van der Waals surface area contributed by atoms with Crippen molar-refractivity contribution in [1.29, 1.82) is 0 Å². The minimum absolute atomic E-state index is 0.0475. The maximum atomic E-state index is 12.4. The molecule has 1 saturated carbocycles. The van der Waals surface area contributed by atoms with Crippen molar-refractivity contribution in [2.24, 2.45) is 5.92 Å². The molecule has 0 heterocycles. The average Bonchev–Trinajstić information content (AvgIpc) is 3.22. The average molecular weight is 296 g/mol. The zero-order valence-corrected chi connectivity index (χ0v) is 12.1. The van der Waals surface area contributed by atoms with Crippen LogP contribution in [-0.2, 0) is 16.0 Å². The molecule has 0 bridgehead atoms. The minimum Gasteiger partial charge on any atom is -0.481 e. The van der Waals surface area contributed by atoms with E-state index in [1.165, 1.54) is 0 Å². The zero-order chi connectivity index (χ0) is 14.7. The van der Waals surface area contributed by atoms with Crippen LogP contribution >= 0.6 is 11.6 Å². The highest BCUT2D eigenvalue weighted by Gasteiger charge is 2.34. The van der Waals surface area contributed by atoms with E-state index in [4.69, 9.17) is 16.7 Å². The van der Waals surface area contributed by atoms with Gasteiger partial charge < -0.3 is 10.0 Å². The van der Waals surface area contributed by atoms with Crippen molar-refractivity contribution in [1.82, 2.24) is 4.90 Å². The van der Waals surface area contributed by atoms with Crippen LogP contribution < -0.4 is 0 Å². The smallest absolute Gasteiger partial charge is 0.308 e. The lowest BCUT2D eigenvalue weighted by atomic mass is 10.1. The van der Waals surface area contributed by atoms with Gasteiger partial charge in [0, 0.05) is 17.6 Å². The first-order chi connectivity index (χ1) is 9.49. The molecule has 1 fully saturated rings. The molecule has 1 N–H and O–H groups in total. The molecule has 108 valence electrons. The molecule has 1 aliphatic carbocycles. The normalized spacial score (nSPS) is 15.7.